The molecule has 0 saturated carbocycles. The summed E-state index contributed by atoms with van der Waals surface area (Å²) < 4.78 is 12.6. The van der Waals surface area contributed by atoms with E-state index < -0.39 is 0 Å². The number of anilines is 1. The molecule has 0 saturated heterocycles. The van der Waals surface area contributed by atoms with Gasteiger partial charge in [-0.1, -0.05) is 30.3 Å². The van der Waals surface area contributed by atoms with Crippen molar-refractivity contribution in [1.82, 2.24) is 14.7 Å². The van der Waals surface area contributed by atoms with Crippen LogP contribution in [0.5, 0.6) is 11.6 Å². The van der Waals surface area contributed by atoms with E-state index in [2.05, 4.69) is 15.3 Å². The monoisotopic (exact) mass is 520 g/mol. The number of rotatable bonds is 10. The summed E-state index contributed by atoms with van der Waals surface area (Å²) in [6.07, 6.45) is 0.880. The second kappa shape index (κ2) is 11.0. The number of nitrogens with one attached hydrogen (secondary N) is 1. The predicted molar refractivity (Wildman–Crippen MR) is 125 cm³/mol. The van der Waals surface area contributed by atoms with Crippen molar-refractivity contribution in [2.24, 2.45) is 0 Å². The number of halogens is 1. The molecule has 3 rings (SSSR count). The fraction of sp³-hybridized carbons (Fsp3) is 0.273. The molecule has 1 N–H and O–H groups in total. The zero-order valence-corrected chi connectivity index (χ0v) is 19.2. The molecule has 0 atom stereocenters. The minimum atomic E-state index is -0.246. The van der Waals surface area contributed by atoms with Crippen molar-refractivity contribution in [2.75, 3.05) is 32.6 Å². The van der Waals surface area contributed by atoms with Crippen LogP contribution in [0.1, 0.15) is 22.5 Å². The van der Waals surface area contributed by atoms with E-state index in [9.17, 15) is 4.79 Å². The Morgan fingerprint density at radius 1 is 1.13 bits per heavy atom. The number of nitrogens with zero attached hydrogens (tertiary/aromatic N) is 3. The van der Waals surface area contributed by atoms with E-state index in [1.54, 1.807) is 35.0 Å². The van der Waals surface area contributed by atoms with Crippen molar-refractivity contribution >= 4 is 34.6 Å². The predicted octanol–water partition coefficient (Wildman–Crippen LogP) is 4.24. The van der Waals surface area contributed by atoms with Crippen LogP contribution in [0.15, 0.2) is 60.7 Å². The molecule has 0 spiro atoms. The van der Waals surface area contributed by atoms with Crippen LogP contribution in [0.2, 0.25) is 0 Å². The Morgan fingerprint density at radius 2 is 1.87 bits per heavy atom. The molecular weight excluding hydrogens is 495 g/mol. The van der Waals surface area contributed by atoms with Gasteiger partial charge in [0.15, 0.2) is 23.0 Å². The molecule has 0 aliphatic heterocycles. The molecule has 3 aromatic rings. The molecule has 0 bridgehead atoms. The van der Waals surface area contributed by atoms with Crippen molar-refractivity contribution in [2.45, 2.75) is 13.0 Å². The Labute approximate surface area is 190 Å². The molecule has 30 heavy (non-hydrogen) atoms. The average molecular weight is 520 g/mol. The summed E-state index contributed by atoms with van der Waals surface area (Å²) in [7, 11) is 4.05. The second-order valence-electron chi connectivity index (χ2n) is 7.07. The lowest BCUT2D eigenvalue weighted by Gasteiger charge is -2.09. The van der Waals surface area contributed by atoms with Crippen molar-refractivity contribution in [3.05, 3.63) is 71.9 Å². The summed E-state index contributed by atoms with van der Waals surface area (Å²) in [4.78, 5) is 15.0. The number of carbonyl (C=O) groups excluding carboxylic acids is 1. The van der Waals surface area contributed by atoms with Crippen LogP contribution in [-0.4, -0.2) is 47.8 Å². The molecular formula is C22H25IN4O3. The van der Waals surface area contributed by atoms with Gasteiger partial charge in [-0.25, -0.2) is 0 Å². The minimum absolute atomic E-state index is 0.246. The largest absolute Gasteiger partial charge is 0.477 e. The highest BCUT2D eigenvalue weighted by atomic mass is 127. The van der Waals surface area contributed by atoms with Crippen LogP contribution in [0, 0.1) is 0 Å². The lowest BCUT2D eigenvalue weighted by molar-refractivity contribution is 0.101. The first-order valence-corrected chi connectivity index (χ1v) is 10.5. The highest BCUT2D eigenvalue weighted by molar-refractivity contribution is 14.1. The Morgan fingerprint density at radius 3 is 2.53 bits per heavy atom. The van der Waals surface area contributed by atoms with Crippen molar-refractivity contribution in [1.29, 1.82) is 0 Å². The van der Waals surface area contributed by atoms with E-state index in [0.29, 0.717) is 30.4 Å². The Kier molecular flexibility index (Phi) is 8.09. The summed E-state index contributed by atoms with van der Waals surface area (Å²) in [6, 6.07) is 18.8. The van der Waals surface area contributed by atoms with Gasteiger partial charge in [-0.05, 0) is 50.3 Å². The van der Waals surface area contributed by atoms with Gasteiger partial charge in [0.05, 0.1) is 13.2 Å². The molecule has 158 valence electrons. The molecule has 0 aliphatic carbocycles. The maximum absolute atomic E-state index is 12.9. The fourth-order valence-corrected chi connectivity index (χ4v) is 3.16. The van der Waals surface area contributed by atoms with Crippen LogP contribution >= 0.6 is 23.0 Å². The minimum Gasteiger partial charge on any atom is -0.477 e. The number of ether oxygens (including phenoxy) is 1. The number of aromatic nitrogens is 2. The third kappa shape index (κ3) is 6.46. The van der Waals surface area contributed by atoms with Gasteiger partial charge in [0.25, 0.3) is 5.91 Å². The normalized spacial score (nSPS) is 10.8. The summed E-state index contributed by atoms with van der Waals surface area (Å²) in [5, 5.41) is 7.42. The summed E-state index contributed by atoms with van der Waals surface area (Å²) in [6.45, 7) is 1.95. The summed E-state index contributed by atoms with van der Waals surface area (Å²) in [5.74, 6) is 0.921. The van der Waals surface area contributed by atoms with Gasteiger partial charge < -0.3 is 18.0 Å². The molecule has 0 aliphatic rings. The fourth-order valence-electron chi connectivity index (χ4n) is 2.87. The number of amides is 1. The van der Waals surface area contributed by atoms with Crippen LogP contribution in [-0.2, 0) is 6.54 Å². The molecule has 1 aromatic heterocycles. The maximum Gasteiger partial charge on any atom is 0.274 e. The Balaban J connectivity index is 1.75. The van der Waals surface area contributed by atoms with E-state index in [1.807, 2.05) is 67.4 Å². The van der Waals surface area contributed by atoms with E-state index >= 15 is 0 Å². The van der Waals surface area contributed by atoms with Gasteiger partial charge in [-0.2, -0.15) is 0 Å². The topological polar surface area (TPSA) is 68.6 Å². The van der Waals surface area contributed by atoms with E-state index in [4.69, 9.17) is 7.80 Å². The maximum atomic E-state index is 12.9. The molecule has 7 nitrogen and oxygen atoms in total. The highest BCUT2D eigenvalue weighted by Gasteiger charge is 2.17. The number of benzene rings is 2. The smallest absolute Gasteiger partial charge is 0.274 e. The molecule has 0 fully saturated rings. The molecule has 0 unspecified atom stereocenters. The van der Waals surface area contributed by atoms with E-state index in [-0.39, 0.29) is 5.91 Å². The average Bonchev–Trinajstić information content (AvgIpc) is 3.15. The number of hydrogen-bond donors (Lipinski definition) is 1. The van der Waals surface area contributed by atoms with Crippen LogP contribution in [0.25, 0.3) is 0 Å². The van der Waals surface area contributed by atoms with Crippen molar-refractivity contribution < 1.29 is 12.6 Å². The van der Waals surface area contributed by atoms with Gasteiger partial charge in [0, 0.05) is 18.3 Å². The van der Waals surface area contributed by atoms with E-state index in [0.717, 1.165) is 24.3 Å². The summed E-state index contributed by atoms with van der Waals surface area (Å²) in [5.41, 5.74) is 2.17. The number of carbonyl (C=O) groups is 1. The van der Waals surface area contributed by atoms with Gasteiger partial charge in [-0.3, -0.25) is 9.48 Å². The summed E-state index contributed by atoms with van der Waals surface area (Å²) >= 11 is 1.82. The third-order valence-corrected chi connectivity index (χ3v) is 4.87. The quantitative estimate of drug-likeness (QED) is 0.320. The highest BCUT2D eigenvalue weighted by Crippen LogP contribution is 2.20. The van der Waals surface area contributed by atoms with Gasteiger partial charge in [-0.15, -0.1) is 5.10 Å². The zero-order chi connectivity index (χ0) is 21.3. The Hall–Kier alpha value is -2.59. The first-order valence-electron chi connectivity index (χ1n) is 9.64. The van der Waals surface area contributed by atoms with Crippen LogP contribution < -0.4 is 13.1 Å². The van der Waals surface area contributed by atoms with Crippen molar-refractivity contribution in [3.63, 3.8) is 0 Å². The molecule has 1 amide bonds. The molecule has 0 radical (unpaired) electrons. The first kappa shape index (κ1) is 22.1. The van der Waals surface area contributed by atoms with Crippen molar-refractivity contribution in [3.8, 4) is 11.6 Å². The molecule has 1 heterocycles. The van der Waals surface area contributed by atoms with Gasteiger partial charge in [0.1, 0.15) is 11.4 Å². The molecule has 8 heteroatoms. The van der Waals surface area contributed by atoms with Gasteiger partial charge >= 0.3 is 0 Å². The lowest BCUT2D eigenvalue weighted by Crippen LogP contribution is -2.18. The van der Waals surface area contributed by atoms with E-state index in [1.165, 1.54) is 0 Å². The Bertz CT molecular complexity index is 943. The zero-order valence-electron chi connectivity index (χ0n) is 17.0. The lowest BCUT2D eigenvalue weighted by atomic mass is 10.2. The SMILES string of the molecule is CN(C)CCCOc1cc(C(=O)Nc2ccc(OI)cc2)n(Cc2ccccc2)n1. The standard InChI is InChI=1S/C22H25IN4O3/c1-26(2)13-6-14-29-21-15-20(27(25-21)16-17-7-4-3-5-8-17)22(28)24-18-9-11-19(30-23)12-10-18/h3-5,7-12,15H,6,13-14,16H2,1-2H3,(H,24,28). The van der Waals surface area contributed by atoms with Crippen LogP contribution in [0.3, 0.4) is 0 Å². The number of hydrogen-bond acceptors (Lipinski definition) is 5. The van der Waals surface area contributed by atoms with Gasteiger partial charge in [0.2, 0.25) is 5.88 Å². The van der Waals surface area contributed by atoms with Crippen LogP contribution in [0.4, 0.5) is 5.69 Å². The first-order chi connectivity index (χ1) is 14.5. The second-order valence-corrected chi connectivity index (χ2v) is 7.51. The molecule has 2 aromatic carbocycles. The third-order valence-electron chi connectivity index (χ3n) is 4.37.